The van der Waals surface area contributed by atoms with Crippen molar-refractivity contribution in [3.8, 4) is 17.2 Å². The fourth-order valence-corrected chi connectivity index (χ4v) is 3.75. The van der Waals surface area contributed by atoms with Crippen LogP contribution in [0.1, 0.15) is 0 Å². The van der Waals surface area contributed by atoms with Crippen LogP contribution in [-0.2, 0) is 4.57 Å². The van der Waals surface area contributed by atoms with Crippen molar-refractivity contribution < 1.29 is 18.3 Å². The zero-order valence-electron chi connectivity index (χ0n) is 13.2. The van der Waals surface area contributed by atoms with E-state index in [2.05, 4.69) is 0 Å². The molecule has 0 aliphatic carbocycles. The lowest BCUT2D eigenvalue weighted by Gasteiger charge is -2.20. The minimum atomic E-state index is -3.64. The average molecular weight is 340 g/mol. The van der Waals surface area contributed by atoms with Crippen LogP contribution in [0.4, 0.5) is 0 Å². The summed E-state index contributed by atoms with van der Waals surface area (Å²) in [5.41, 5.74) is 0. The van der Waals surface area contributed by atoms with Gasteiger partial charge in [-0.25, -0.2) is 4.57 Å². The Hall–Kier alpha value is -2.71. The van der Waals surface area contributed by atoms with Crippen molar-refractivity contribution in [1.82, 2.24) is 0 Å². The van der Waals surface area contributed by atoms with Crippen molar-refractivity contribution in [2.45, 2.75) is 0 Å². The molecule has 0 fully saturated rings. The molecule has 0 unspecified atom stereocenters. The number of hydrogen-bond donors (Lipinski definition) is 0. The van der Waals surface area contributed by atoms with Gasteiger partial charge in [-0.3, -0.25) is 0 Å². The minimum absolute atomic E-state index is 0.426. The summed E-state index contributed by atoms with van der Waals surface area (Å²) in [5.74, 6) is 1.53. The molecule has 3 aromatic rings. The highest BCUT2D eigenvalue weighted by Crippen LogP contribution is 2.47. The maximum absolute atomic E-state index is 13.5. The molecule has 0 spiro atoms. The van der Waals surface area contributed by atoms with E-state index in [4.69, 9.17) is 13.8 Å². The summed E-state index contributed by atoms with van der Waals surface area (Å²) in [7, 11) is -2.08. The summed E-state index contributed by atoms with van der Waals surface area (Å²) in [6.07, 6.45) is 0. The Morgan fingerprint density at radius 1 is 0.667 bits per heavy atom. The van der Waals surface area contributed by atoms with E-state index in [0.29, 0.717) is 22.6 Å². The van der Waals surface area contributed by atoms with Crippen LogP contribution < -0.4 is 19.1 Å². The molecule has 0 saturated heterocycles. The number of rotatable bonds is 6. The van der Waals surface area contributed by atoms with Crippen molar-refractivity contribution >= 4 is 12.9 Å². The zero-order chi connectivity index (χ0) is 16.8. The van der Waals surface area contributed by atoms with E-state index < -0.39 is 7.60 Å². The van der Waals surface area contributed by atoms with Gasteiger partial charge in [0.25, 0.3) is 0 Å². The van der Waals surface area contributed by atoms with E-state index in [1.807, 2.05) is 36.4 Å². The Balaban J connectivity index is 2.00. The van der Waals surface area contributed by atoms with Gasteiger partial charge in [0.05, 0.1) is 12.4 Å². The molecule has 0 N–H and O–H groups in total. The van der Waals surface area contributed by atoms with Crippen LogP contribution in [0.25, 0.3) is 0 Å². The van der Waals surface area contributed by atoms with E-state index in [-0.39, 0.29) is 0 Å². The van der Waals surface area contributed by atoms with Gasteiger partial charge in [0.2, 0.25) is 0 Å². The fourth-order valence-electron chi connectivity index (χ4n) is 2.15. The molecule has 0 heterocycles. The smallest absolute Gasteiger partial charge is 0.462 e. The highest BCUT2D eigenvalue weighted by molar-refractivity contribution is 7.63. The predicted octanol–water partition coefficient (Wildman–Crippen LogP) is 4.67. The number of methoxy groups -OCH3 is 1. The summed E-state index contributed by atoms with van der Waals surface area (Å²) < 4.78 is 30.3. The van der Waals surface area contributed by atoms with E-state index >= 15 is 0 Å². The molecule has 3 rings (SSSR count). The number of ether oxygens (including phenoxy) is 1. The summed E-state index contributed by atoms with van der Waals surface area (Å²) >= 11 is 0. The molecule has 0 atom stereocenters. The minimum Gasteiger partial charge on any atom is -0.497 e. The van der Waals surface area contributed by atoms with Crippen LogP contribution in [0, 0.1) is 0 Å². The Labute approximate surface area is 141 Å². The molecule has 0 amide bonds. The predicted molar refractivity (Wildman–Crippen MR) is 94.4 cm³/mol. The van der Waals surface area contributed by atoms with E-state index in [1.165, 1.54) is 0 Å². The molecule has 0 saturated carbocycles. The molecule has 4 nitrogen and oxygen atoms in total. The molecule has 24 heavy (non-hydrogen) atoms. The first kappa shape index (κ1) is 16.2. The Morgan fingerprint density at radius 2 is 1.17 bits per heavy atom. The topological polar surface area (TPSA) is 44.8 Å². The summed E-state index contributed by atoms with van der Waals surface area (Å²) in [5, 5.41) is 0.426. The van der Waals surface area contributed by atoms with Crippen LogP contribution in [-0.4, -0.2) is 7.11 Å². The van der Waals surface area contributed by atoms with Gasteiger partial charge in [0.15, 0.2) is 0 Å². The SMILES string of the molecule is COc1cccc(P(=O)(Oc2ccccc2)Oc2ccccc2)c1. The third-order valence-corrected chi connectivity index (χ3v) is 5.12. The molecule has 0 aliphatic rings. The van der Waals surface area contributed by atoms with Gasteiger partial charge in [-0.05, 0) is 42.5 Å². The van der Waals surface area contributed by atoms with Gasteiger partial charge in [0.1, 0.15) is 17.2 Å². The van der Waals surface area contributed by atoms with Crippen molar-refractivity contribution in [3.05, 3.63) is 84.9 Å². The highest BCUT2D eigenvalue weighted by Gasteiger charge is 2.31. The second kappa shape index (κ2) is 7.24. The van der Waals surface area contributed by atoms with Gasteiger partial charge in [-0.15, -0.1) is 0 Å². The van der Waals surface area contributed by atoms with Crippen molar-refractivity contribution in [3.63, 3.8) is 0 Å². The molecule has 0 aliphatic heterocycles. The number of benzene rings is 3. The summed E-state index contributed by atoms with van der Waals surface area (Å²) in [6.45, 7) is 0. The van der Waals surface area contributed by atoms with Crippen LogP contribution >= 0.6 is 7.60 Å². The van der Waals surface area contributed by atoms with Gasteiger partial charge in [0, 0.05) is 0 Å². The molecular formula is C19H17O4P. The molecule has 0 bridgehead atoms. The molecule has 5 heteroatoms. The largest absolute Gasteiger partial charge is 0.497 e. The second-order valence-corrected chi connectivity index (χ2v) is 6.88. The van der Waals surface area contributed by atoms with E-state index in [0.717, 1.165) is 0 Å². The van der Waals surface area contributed by atoms with Gasteiger partial charge >= 0.3 is 7.60 Å². The van der Waals surface area contributed by atoms with Crippen LogP contribution in [0.5, 0.6) is 17.2 Å². The normalized spacial score (nSPS) is 10.9. The first-order valence-electron chi connectivity index (χ1n) is 7.43. The molecule has 0 aromatic heterocycles. The van der Waals surface area contributed by atoms with Crippen LogP contribution in [0.15, 0.2) is 84.9 Å². The Kier molecular flexibility index (Phi) is 4.88. The zero-order valence-corrected chi connectivity index (χ0v) is 14.1. The van der Waals surface area contributed by atoms with Crippen LogP contribution in [0.2, 0.25) is 0 Å². The van der Waals surface area contributed by atoms with E-state index in [9.17, 15) is 4.57 Å². The maximum atomic E-state index is 13.5. The lowest BCUT2D eigenvalue weighted by atomic mass is 10.3. The Bertz CT molecular complexity index is 789. The fraction of sp³-hybridized carbons (Fsp3) is 0.0526. The average Bonchev–Trinajstić information content (AvgIpc) is 2.63. The van der Waals surface area contributed by atoms with Gasteiger partial charge in [-0.2, -0.15) is 0 Å². The maximum Gasteiger partial charge on any atom is 0.462 e. The summed E-state index contributed by atoms with van der Waals surface area (Å²) in [6, 6.07) is 24.8. The molecule has 3 aromatic carbocycles. The lowest BCUT2D eigenvalue weighted by Crippen LogP contribution is -2.15. The Morgan fingerprint density at radius 3 is 1.67 bits per heavy atom. The van der Waals surface area contributed by atoms with Crippen molar-refractivity contribution in [2.75, 3.05) is 7.11 Å². The molecular weight excluding hydrogens is 323 g/mol. The van der Waals surface area contributed by atoms with Crippen molar-refractivity contribution in [2.24, 2.45) is 0 Å². The standard InChI is InChI=1S/C19H17O4P/c1-21-18-13-8-14-19(15-18)24(20,22-16-9-4-2-5-10-16)23-17-11-6-3-7-12-17/h2-15H,1H3. The lowest BCUT2D eigenvalue weighted by molar-refractivity contribution is 0.397. The van der Waals surface area contributed by atoms with Crippen LogP contribution in [0.3, 0.4) is 0 Å². The highest BCUT2D eigenvalue weighted by atomic mass is 31.2. The molecule has 0 radical (unpaired) electrons. The number of para-hydroxylation sites is 2. The first-order chi connectivity index (χ1) is 11.7. The van der Waals surface area contributed by atoms with Gasteiger partial charge < -0.3 is 13.8 Å². The molecule has 122 valence electrons. The number of hydrogen-bond acceptors (Lipinski definition) is 4. The van der Waals surface area contributed by atoms with Crippen molar-refractivity contribution in [1.29, 1.82) is 0 Å². The first-order valence-corrected chi connectivity index (χ1v) is 8.98. The second-order valence-electron chi connectivity index (χ2n) is 5.01. The monoisotopic (exact) mass is 340 g/mol. The van der Waals surface area contributed by atoms with E-state index in [1.54, 1.807) is 55.6 Å². The van der Waals surface area contributed by atoms with Gasteiger partial charge in [-0.1, -0.05) is 42.5 Å². The quantitative estimate of drug-likeness (QED) is 0.612. The summed E-state index contributed by atoms with van der Waals surface area (Å²) in [4.78, 5) is 0. The third kappa shape index (κ3) is 3.79. The third-order valence-electron chi connectivity index (χ3n) is 3.31.